The summed E-state index contributed by atoms with van der Waals surface area (Å²) in [7, 11) is 0. The predicted octanol–water partition coefficient (Wildman–Crippen LogP) is 4.33. The Morgan fingerprint density at radius 1 is 1.19 bits per heavy atom. The number of carbonyl (C=O) groups excluding carboxylic acids is 1. The maximum absolute atomic E-state index is 13.2. The maximum Gasteiger partial charge on any atom is 0.443 e. The van der Waals surface area contributed by atoms with Gasteiger partial charge in [0, 0.05) is 16.8 Å². The minimum atomic E-state index is -4.61. The van der Waals surface area contributed by atoms with Crippen LogP contribution in [0.2, 0.25) is 0 Å². The Hall–Kier alpha value is -3.58. The zero-order chi connectivity index (χ0) is 27.3. The van der Waals surface area contributed by atoms with Crippen LogP contribution in [0.4, 0.5) is 18.2 Å². The van der Waals surface area contributed by atoms with Crippen molar-refractivity contribution in [3.05, 3.63) is 62.6 Å². The van der Waals surface area contributed by atoms with Crippen molar-refractivity contribution in [3.63, 3.8) is 0 Å². The Morgan fingerprint density at radius 2 is 1.84 bits per heavy atom. The molecule has 0 radical (unpaired) electrons. The Balaban J connectivity index is 1.75. The number of aromatic nitrogens is 5. The van der Waals surface area contributed by atoms with Gasteiger partial charge in [-0.3, -0.25) is 9.59 Å². The fourth-order valence-corrected chi connectivity index (χ4v) is 4.67. The van der Waals surface area contributed by atoms with Gasteiger partial charge in [0.25, 0.3) is 5.56 Å². The first-order chi connectivity index (χ1) is 17.2. The van der Waals surface area contributed by atoms with Gasteiger partial charge in [-0.2, -0.15) is 22.7 Å². The Bertz CT molecular complexity index is 1530. The van der Waals surface area contributed by atoms with E-state index in [1.807, 2.05) is 13.8 Å². The highest BCUT2D eigenvalue weighted by Gasteiger charge is 2.34. The molecule has 3 aromatic heterocycles. The molecule has 0 unspecified atom stereocenters. The van der Waals surface area contributed by atoms with Crippen molar-refractivity contribution in [2.75, 3.05) is 5.32 Å². The van der Waals surface area contributed by atoms with Crippen molar-refractivity contribution in [1.29, 1.82) is 0 Å². The van der Waals surface area contributed by atoms with Crippen molar-refractivity contribution < 1.29 is 23.1 Å². The fourth-order valence-electron chi connectivity index (χ4n) is 3.97. The molecule has 0 fully saturated rings. The lowest BCUT2D eigenvalue weighted by molar-refractivity contribution is -0.137. The lowest BCUT2D eigenvalue weighted by atomic mass is 9.97. The molecule has 196 valence electrons. The summed E-state index contributed by atoms with van der Waals surface area (Å²) in [6.45, 7) is 8.37. The average Bonchev–Trinajstić information content (AvgIpc) is 3.44. The summed E-state index contributed by atoms with van der Waals surface area (Å²) < 4.78 is 41.2. The third-order valence-electron chi connectivity index (χ3n) is 5.79. The number of nitrogens with one attached hydrogen (secondary N) is 1. The largest absolute Gasteiger partial charge is 0.443 e. The van der Waals surface area contributed by atoms with E-state index >= 15 is 0 Å². The van der Waals surface area contributed by atoms with Gasteiger partial charge < -0.3 is 15.0 Å². The van der Waals surface area contributed by atoms with Crippen LogP contribution < -0.4 is 10.9 Å². The number of aliphatic hydroxyl groups is 1. The van der Waals surface area contributed by atoms with Gasteiger partial charge in [-0.1, -0.05) is 49.4 Å². The number of rotatable bonds is 6. The van der Waals surface area contributed by atoms with Crippen LogP contribution in [-0.4, -0.2) is 35.2 Å². The summed E-state index contributed by atoms with van der Waals surface area (Å²) in [6.07, 6.45) is -3.66. The number of hydrogen-bond donors (Lipinski definition) is 2. The van der Waals surface area contributed by atoms with E-state index in [0.29, 0.717) is 33.7 Å². The monoisotopic (exact) mass is 534 g/mol. The minimum absolute atomic E-state index is 0.0508. The van der Waals surface area contributed by atoms with Crippen LogP contribution in [0.1, 0.15) is 55.4 Å². The summed E-state index contributed by atoms with van der Waals surface area (Å²) >= 11 is 0.323. The van der Waals surface area contributed by atoms with E-state index < -0.39 is 22.7 Å². The topological polar surface area (TPSA) is 114 Å². The van der Waals surface area contributed by atoms with E-state index in [4.69, 9.17) is 0 Å². The van der Waals surface area contributed by atoms with E-state index in [-0.39, 0.29) is 34.6 Å². The van der Waals surface area contributed by atoms with Crippen molar-refractivity contribution in [3.8, 4) is 11.4 Å². The number of halogens is 3. The van der Waals surface area contributed by atoms with Crippen LogP contribution in [0.25, 0.3) is 17.2 Å². The van der Waals surface area contributed by atoms with Gasteiger partial charge in [-0.25, -0.2) is 4.98 Å². The third kappa shape index (κ3) is 5.27. The number of anilines is 1. The molecule has 0 aliphatic rings. The molecule has 4 aromatic rings. The summed E-state index contributed by atoms with van der Waals surface area (Å²) in [6, 6.07) is 6.91. The standard InChI is InChI=1S/C24H25F3N6O3S/c1-12(2)18-13(3)32(11-16(34)29-17-10-28-21(37-17)24(25,26)27)22-30-19(31-33(22)20(18)35)14-6-8-15(9-7-14)23(4,5)36/h6-10,12,36H,11H2,1-5H3,(H,29,34). The Kier molecular flexibility index (Phi) is 6.71. The van der Waals surface area contributed by atoms with E-state index in [1.54, 1.807) is 45.0 Å². The van der Waals surface area contributed by atoms with Crippen LogP contribution in [0, 0.1) is 6.92 Å². The fraction of sp³-hybridized carbons (Fsp3) is 0.375. The zero-order valence-electron chi connectivity index (χ0n) is 20.7. The van der Waals surface area contributed by atoms with Crippen LogP contribution in [0.5, 0.6) is 0 Å². The summed E-state index contributed by atoms with van der Waals surface area (Å²) in [4.78, 5) is 33.9. The molecular weight excluding hydrogens is 509 g/mol. The van der Waals surface area contributed by atoms with E-state index in [9.17, 15) is 27.9 Å². The maximum atomic E-state index is 13.2. The molecule has 0 aliphatic carbocycles. The van der Waals surface area contributed by atoms with Crippen molar-refractivity contribution in [1.82, 2.24) is 24.1 Å². The Labute approximate surface area is 213 Å². The van der Waals surface area contributed by atoms with Crippen LogP contribution in [0.15, 0.2) is 35.3 Å². The van der Waals surface area contributed by atoms with Crippen molar-refractivity contribution in [2.45, 2.75) is 58.9 Å². The second-order valence-corrected chi connectivity index (χ2v) is 10.4. The first-order valence-electron chi connectivity index (χ1n) is 11.3. The number of fused-ring (bicyclic) bond motifs is 1. The molecule has 9 nitrogen and oxygen atoms in total. The highest BCUT2D eigenvalue weighted by molar-refractivity contribution is 7.15. The average molecular weight is 535 g/mol. The van der Waals surface area contributed by atoms with Gasteiger partial charge in [0.05, 0.1) is 11.8 Å². The van der Waals surface area contributed by atoms with Crippen molar-refractivity contribution >= 4 is 28.0 Å². The molecule has 0 saturated carbocycles. The van der Waals surface area contributed by atoms with Crippen LogP contribution in [0.3, 0.4) is 0 Å². The molecule has 37 heavy (non-hydrogen) atoms. The molecule has 0 aliphatic heterocycles. The first-order valence-corrected chi connectivity index (χ1v) is 12.1. The number of alkyl halides is 3. The van der Waals surface area contributed by atoms with Gasteiger partial charge in [-0.15, -0.1) is 5.10 Å². The lowest BCUT2D eigenvalue weighted by Crippen LogP contribution is -2.29. The van der Waals surface area contributed by atoms with E-state index in [1.165, 1.54) is 4.57 Å². The highest BCUT2D eigenvalue weighted by Crippen LogP contribution is 2.34. The molecule has 2 N–H and O–H groups in total. The zero-order valence-corrected chi connectivity index (χ0v) is 21.5. The third-order valence-corrected chi connectivity index (χ3v) is 6.75. The van der Waals surface area contributed by atoms with Crippen molar-refractivity contribution in [2.24, 2.45) is 0 Å². The molecule has 0 bridgehead atoms. The van der Waals surface area contributed by atoms with Gasteiger partial charge in [0.15, 0.2) is 10.8 Å². The second kappa shape index (κ2) is 9.38. The first kappa shape index (κ1) is 26.5. The molecular formula is C24H25F3N6O3S. The Morgan fingerprint density at radius 3 is 2.38 bits per heavy atom. The minimum Gasteiger partial charge on any atom is -0.386 e. The highest BCUT2D eigenvalue weighted by atomic mass is 32.1. The summed E-state index contributed by atoms with van der Waals surface area (Å²) in [5, 5.41) is 15.9. The molecule has 0 spiro atoms. The molecule has 13 heteroatoms. The van der Waals surface area contributed by atoms with Gasteiger partial charge in [-0.05, 0) is 32.3 Å². The van der Waals surface area contributed by atoms with Crippen LogP contribution >= 0.6 is 11.3 Å². The predicted molar refractivity (Wildman–Crippen MR) is 132 cm³/mol. The summed E-state index contributed by atoms with van der Waals surface area (Å²) in [5.74, 6) is -0.449. The van der Waals surface area contributed by atoms with Gasteiger partial charge in [0.2, 0.25) is 11.7 Å². The normalized spacial score (nSPS) is 12.5. The molecule has 0 saturated heterocycles. The SMILES string of the molecule is Cc1c(C(C)C)c(=O)n2nc(-c3ccc(C(C)(C)O)cc3)nc2n1CC(=O)Nc1cnc(C(F)(F)F)s1. The van der Waals surface area contributed by atoms with Gasteiger partial charge >= 0.3 is 6.18 Å². The number of nitrogens with zero attached hydrogens (tertiary/aromatic N) is 5. The molecule has 0 atom stereocenters. The van der Waals surface area contributed by atoms with Gasteiger partial charge in [0.1, 0.15) is 11.5 Å². The molecule has 3 heterocycles. The number of benzene rings is 1. The molecule has 4 rings (SSSR count). The quantitative estimate of drug-likeness (QED) is 0.381. The lowest BCUT2D eigenvalue weighted by Gasteiger charge is -2.17. The number of amides is 1. The van der Waals surface area contributed by atoms with E-state index in [0.717, 1.165) is 10.7 Å². The smallest absolute Gasteiger partial charge is 0.386 e. The number of hydrogen-bond acceptors (Lipinski definition) is 7. The number of thiazole rings is 1. The van der Waals surface area contributed by atoms with Crippen LogP contribution in [-0.2, 0) is 23.1 Å². The number of carbonyl (C=O) groups is 1. The summed E-state index contributed by atoms with van der Waals surface area (Å²) in [5.41, 5.74) is 0.811. The molecule has 1 amide bonds. The second-order valence-electron chi connectivity index (χ2n) is 9.40. The van der Waals surface area contributed by atoms with E-state index in [2.05, 4.69) is 20.4 Å². The molecule has 1 aromatic carbocycles.